The van der Waals surface area contributed by atoms with Crippen LogP contribution in [0.1, 0.15) is 48.6 Å². The van der Waals surface area contributed by atoms with E-state index in [1.807, 2.05) is 42.5 Å². The van der Waals surface area contributed by atoms with E-state index in [1.54, 1.807) is 36.3 Å². The van der Waals surface area contributed by atoms with Gasteiger partial charge in [0.1, 0.15) is 23.9 Å². The lowest BCUT2D eigenvalue weighted by atomic mass is 9.87. The number of hydrogen-bond donors (Lipinski definition) is 1. The molecule has 1 aliphatic heterocycles. The van der Waals surface area contributed by atoms with Gasteiger partial charge in [0.2, 0.25) is 11.8 Å². The van der Waals surface area contributed by atoms with E-state index in [1.165, 1.54) is 16.7 Å². The molecule has 2 aromatic heterocycles. The van der Waals surface area contributed by atoms with Gasteiger partial charge in [0.25, 0.3) is 0 Å². The zero-order chi connectivity index (χ0) is 28.4. The summed E-state index contributed by atoms with van der Waals surface area (Å²) in [5, 5.41) is 8.15. The molecule has 0 aliphatic carbocycles. The van der Waals surface area contributed by atoms with Gasteiger partial charge in [-0.2, -0.15) is 5.10 Å². The van der Waals surface area contributed by atoms with Crippen LogP contribution in [-0.4, -0.2) is 41.0 Å². The van der Waals surface area contributed by atoms with Crippen LogP contribution in [0.4, 0.5) is 5.82 Å². The molecule has 0 spiro atoms. The van der Waals surface area contributed by atoms with Gasteiger partial charge >= 0.3 is 0 Å². The number of anilines is 1. The number of methoxy groups -OCH3 is 1. The summed E-state index contributed by atoms with van der Waals surface area (Å²) in [6, 6.07) is 18.7. The lowest BCUT2D eigenvalue weighted by Gasteiger charge is -2.25. The zero-order valence-electron chi connectivity index (χ0n) is 22.8. The average Bonchev–Trinajstić information content (AvgIpc) is 3.57. The van der Waals surface area contributed by atoms with E-state index in [0.717, 1.165) is 16.8 Å². The molecular formula is C30H31ClN4O4S. The highest BCUT2D eigenvalue weighted by molar-refractivity contribution is 8.00. The van der Waals surface area contributed by atoms with Crippen molar-refractivity contribution in [3.63, 3.8) is 0 Å². The Morgan fingerprint density at radius 3 is 2.60 bits per heavy atom. The monoisotopic (exact) mass is 578 g/mol. The van der Waals surface area contributed by atoms with Gasteiger partial charge in [-0.25, -0.2) is 4.68 Å². The molecule has 1 atom stereocenters. The number of nitrogens with zero attached hydrogens (tertiary/aromatic N) is 3. The number of carbonyl (C=O) groups excluding carboxylic acids is 2. The van der Waals surface area contributed by atoms with Gasteiger partial charge in [-0.1, -0.05) is 62.7 Å². The van der Waals surface area contributed by atoms with Gasteiger partial charge in [-0.3, -0.25) is 14.5 Å². The van der Waals surface area contributed by atoms with Crippen molar-refractivity contribution in [2.45, 2.75) is 38.0 Å². The van der Waals surface area contributed by atoms with Crippen molar-refractivity contribution in [3.05, 3.63) is 94.5 Å². The van der Waals surface area contributed by atoms with E-state index in [0.29, 0.717) is 28.0 Å². The first kappa shape index (κ1) is 27.9. The van der Waals surface area contributed by atoms with Crippen molar-refractivity contribution in [1.82, 2.24) is 15.1 Å². The summed E-state index contributed by atoms with van der Waals surface area (Å²) < 4.78 is 12.8. The second-order valence-corrected chi connectivity index (χ2v) is 12.0. The molecule has 3 heterocycles. The third kappa shape index (κ3) is 5.48. The summed E-state index contributed by atoms with van der Waals surface area (Å²) in [5.74, 6) is 1.50. The highest BCUT2D eigenvalue weighted by Gasteiger charge is 2.40. The molecule has 2 aromatic carbocycles. The Bertz CT molecular complexity index is 1530. The standard InChI is InChI=1S/C30H31ClN4O4S/c1-30(2,3)28-26-27(20-11-5-8-14-23(20)38-4)40-18-25(37)34(17-24(36)32-16-19-10-9-15-39-19)29(26)35(33-28)22-13-7-6-12-21(22)31/h5-15,27H,16-18H2,1-4H3,(H,32,36)/t27-/m1/s1. The number of aromatic nitrogens is 2. The largest absolute Gasteiger partial charge is 0.496 e. The van der Waals surface area contributed by atoms with Gasteiger partial charge in [0.15, 0.2) is 0 Å². The van der Waals surface area contributed by atoms with E-state index in [2.05, 4.69) is 26.1 Å². The maximum Gasteiger partial charge on any atom is 0.240 e. The number of nitrogens with one attached hydrogen (secondary N) is 1. The Balaban J connectivity index is 1.71. The van der Waals surface area contributed by atoms with Crippen LogP contribution in [0.15, 0.2) is 71.3 Å². The lowest BCUT2D eigenvalue weighted by molar-refractivity contribution is -0.123. The van der Waals surface area contributed by atoms with Crippen molar-refractivity contribution in [2.24, 2.45) is 0 Å². The molecule has 1 N–H and O–H groups in total. The van der Waals surface area contributed by atoms with Crippen LogP contribution in [0, 0.1) is 0 Å². The Morgan fingerprint density at radius 1 is 1.15 bits per heavy atom. The van der Waals surface area contributed by atoms with Gasteiger partial charge in [0.05, 0.1) is 47.3 Å². The minimum Gasteiger partial charge on any atom is -0.496 e. The third-order valence-corrected chi connectivity index (χ3v) is 8.20. The molecule has 0 fully saturated rings. The molecule has 10 heteroatoms. The topological polar surface area (TPSA) is 89.6 Å². The van der Waals surface area contributed by atoms with Crippen LogP contribution in [0.25, 0.3) is 5.69 Å². The highest BCUT2D eigenvalue weighted by Crippen LogP contribution is 2.50. The Hall–Kier alpha value is -3.69. The summed E-state index contributed by atoms with van der Waals surface area (Å²) in [4.78, 5) is 28.5. The molecule has 0 saturated heterocycles. The molecule has 5 rings (SSSR count). The predicted molar refractivity (Wildman–Crippen MR) is 157 cm³/mol. The molecule has 0 unspecified atom stereocenters. The SMILES string of the molecule is COc1ccccc1[C@H]1SCC(=O)N(CC(=O)NCc2ccco2)c2c1c(C(C)(C)C)nn2-c1ccccc1Cl. The first-order valence-corrected chi connectivity index (χ1v) is 14.3. The quantitative estimate of drug-likeness (QED) is 0.293. The van der Waals surface area contributed by atoms with E-state index < -0.39 is 5.41 Å². The van der Waals surface area contributed by atoms with Gasteiger partial charge in [0, 0.05) is 16.5 Å². The van der Waals surface area contributed by atoms with Crippen molar-refractivity contribution in [1.29, 1.82) is 0 Å². The first-order chi connectivity index (χ1) is 19.2. The minimum atomic E-state index is -0.391. The van der Waals surface area contributed by atoms with Crippen LogP contribution >= 0.6 is 23.4 Å². The molecule has 4 aromatic rings. The molecular weight excluding hydrogens is 548 g/mol. The van der Waals surface area contributed by atoms with Crippen molar-refractivity contribution in [3.8, 4) is 11.4 Å². The minimum absolute atomic E-state index is 0.162. The van der Waals surface area contributed by atoms with E-state index in [9.17, 15) is 9.59 Å². The summed E-state index contributed by atoms with van der Waals surface area (Å²) >= 11 is 8.18. The molecule has 1 aliphatic rings. The Kier molecular flexibility index (Phi) is 7.96. The highest BCUT2D eigenvalue weighted by atomic mass is 35.5. The summed E-state index contributed by atoms with van der Waals surface area (Å²) in [6.45, 7) is 6.29. The second kappa shape index (κ2) is 11.4. The smallest absolute Gasteiger partial charge is 0.240 e. The predicted octanol–water partition coefficient (Wildman–Crippen LogP) is 5.91. The second-order valence-electron chi connectivity index (χ2n) is 10.5. The van der Waals surface area contributed by atoms with E-state index in [4.69, 9.17) is 25.9 Å². The van der Waals surface area contributed by atoms with Gasteiger partial charge in [-0.15, -0.1) is 11.8 Å². The fraction of sp³-hybridized carbons (Fsp3) is 0.300. The fourth-order valence-electron chi connectivity index (χ4n) is 4.79. The number of ether oxygens (including phenoxy) is 1. The van der Waals surface area contributed by atoms with Crippen LogP contribution in [0.2, 0.25) is 5.02 Å². The van der Waals surface area contributed by atoms with Crippen LogP contribution in [0.3, 0.4) is 0 Å². The molecule has 2 amide bonds. The normalized spacial score (nSPS) is 15.5. The van der Waals surface area contributed by atoms with E-state index >= 15 is 0 Å². The average molecular weight is 579 g/mol. The Morgan fingerprint density at radius 2 is 1.90 bits per heavy atom. The van der Waals surface area contributed by atoms with E-state index in [-0.39, 0.29) is 35.9 Å². The number of fused-ring (bicyclic) bond motifs is 1. The van der Waals surface area contributed by atoms with Crippen LogP contribution < -0.4 is 15.0 Å². The number of rotatable bonds is 7. The summed E-state index contributed by atoms with van der Waals surface area (Å²) in [7, 11) is 1.64. The zero-order valence-corrected chi connectivity index (χ0v) is 24.4. The number of benzene rings is 2. The number of para-hydroxylation sites is 2. The molecule has 40 heavy (non-hydrogen) atoms. The number of thioether (sulfide) groups is 1. The third-order valence-electron chi connectivity index (χ3n) is 6.64. The van der Waals surface area contributed by atoms with Gasteiger partial charge in [-0.05, 0) is 30.3 Å². The number of carbonyl (C=O) groups is 2. The van der Waals surface area contributed by atoms with Crippen molar-refractivity contribution in [2.75, 3.05) is 24.3 Å². The summed E-state index contributed by atoms with van der Waals surface area (Å²) in [6.07, 6.45) is 1.55. The van der Waals surface area contributed by atoms with Crippen molar-refractivity contribution >= 4 is 41.0 Å². The Labute approximate surface area is 242 Å². The lowest BCUT2D eigenvalue weighted by Crippen LogP contribution is -2.42. The maximum absolute atomic E-state index is 13.8. The maximum atomic E-state index is 13.8. The fourth-order valence-corrected chi connectivity index (χ4v) is 6.23. The van der Waals surface area contributed by atoms with Crippen molar-refractivity contribution < 1.29 is 18.7 Å². The molecule has 208 valence electrons. The molecule has 0 saturated carbocycles. The number of amides is 2. The number of halogens is 1. The molecule has 0 bridgehead atoms. The van der Waals surface area contributed by atoms with Crippen LogP contribution in [-0.2, 0) is 21.5 Å². The molecule has 8 nitrogen and oxygen atoms in total. The number of hydrogen-bond acceptors (Lipinski definition) is 6. The van der Waals surface area contributed by atoms with Gasteiger partial charge < -0.3 is 14.5 Å². The summed E-state index contributed by atoms with van der Waals surface area (Å²) in [5.41, 5.74) is 2.82. The number of furan rings is 1. The van der Waals surface area contributed by atoms with Crippen LogP contribution in [0.5, 0.6) is 5.75 Å². The molecule has 0 radical (unpaired) electrons. The first-order valence-electron chi connectivity index (χ1n) is 12.9.